The Labute approximate surface area is 149 Å². The Bertz CT molecular complexity index is 677. The summed E-state index contributed by atoms with van der Waals surface area (Å²) in [5.74, 6) is -1.42. The number of aryl methyl sites for hydroxylation is 1. The lowest BCUT2D eigenvalue weighted by molar-refractivity contribution is -0.156. The standard InChI is InChI=1S/C17H21NO6S/c1-2-22-17(21)14-10-5-3-7-12(10)25-15(14)18-13(19)9-24-16(20)11-6-4-8-23-11/h11H,2-9H2,1H3,(H,18,19)/t11-/m1/s1. The van der Waals surface area contributed by atoms with Crippen molar-refractivity contribution in [3.8, 4) is 0 Å². The highest BCUT2D eigenvalue weighted by Crippen LogP contribution is 2.39. The number of thiophene rings is 1. The Balaban J connectivity index is 1.62. The van der Waals surface area contributed by atoms with E-state index in [0.29, 0.717) is 23.6 Å². The summed E-state index contributed by atoms with van der Waals surface area (Å²) in [6.45, 7) is 2.16. The van der Waals surface area contributed by atoms with E-state index >= 15 is 0 Å². The van der Waals surface area contributed by atoms with Gasteiger partial charge in [0, 0.05) is 11.5 Å². The lowest BCUT2D eigenvalue weighted by atomic mass is 10.1. The van der Waals surface area contributed by atoms with Gasteiger partial charge in [0.2, 0.25) is 0 Å². The number of amides is 1. The molecule has 25 heavy (non-hydrogen) atoms. The highest BCUT2D eigenvalue weighted by atomic mass is 32.1. The number of anilines is 1. The second-order valence-corrected chi connectivity index (χ2v) is 7.04. The highest BCUT2D eigenvalue weighted by Gasteiger charge is 2.29. The first-order chi connectivity index (χ1) is 12.1. The van der Waals surface area contributed by atoms with E-state index in [2.05, 4.69) is 5.32 Å². The molecule has 1 N–H and O–H groups in total. The normalized spacial score (nSPS) is 18.7. The van der Waals surface area contributed by atoms with Crippen LogP contribution in [0, 0.1) is 0 Å². The van der Waals surface area contributed by atoms with E-state index in [-0.39, 0.29) is 6.61 Å². The van der Waals surface area contributed by atoms with E-state index in [1.165, 1.54) is 11.3 Å². The molecular formula is C17H21NO6S. The van der Waals surface area contributed by atoms with Crippen molar-refractivity contribution in [2.24, 2.45) is 0 Å². The van der Waals surface area contributed by atoms with Crippen LogP contribution >= 0.6 is 11.3 Å². The third kappa shape index (κ3) is 4.01. The third-order valence-electron chi connectivity index (χ3n) is 4.19. The van der Waals surface area contributed by atoms with Gasteiger partial charge in [0.25, 0.3) is 5.91 Å². The molecule has 0 saturated carbocycles. The summed E-state index contributed by atoms with van der Waals surface area (Å²) in [6.07, 6.45) is 3.57. The van der Waals surface area contributed by atoms with Crippen LogP contribution in [0.5, 0.6) is 0 Å². The third-order valence-corrected chi connectivity index (χ3v) is 5.40. The van der Waals surface area contributed by atoms with Crippen molar-refractivity contribution < 1.29 is 28.6 Å². The SMILES string of the molecule is CCOC(=O)c1c(NC(=O)COC(=O)[C@H]2CCCO2)sc2c1CCC2. The molecule has 1 saturated heterocycles. The molecule has 1 aromatic rings. The minimum atomic E-state index is -0.576. The van der Waals surface area contributed by atoms with E-state index in [4.69, 9.17) is 14.2 Å². The molecule has 1 amide bonds. The molecule has 7 nitrogen and oxygen atoms in total. The highest BCUT2D eigenvalue weighted by molar-refractivity contribution is 7.17. The van der Waals surface area contributed by atoms with Gasteiger partial charge in [-0.25, -0.2) is 9.59 Å². The van der Waals surface area contributed by atoms with Crippen molar-refractivity contribution in [3.63, 3.8) is 0 Å². The van der Waals surface area contributed by atoms with Gasteiger partial charge in [-0.1, -0.05) is 0 Å². The minimum Gasteiger partial charge on any atom is -0.462 e. The number of carbonyl (C=O) groups excluding carboxylic acids is 3. The zero-order valence-electron chi connectivity index (χ0n) is 14.1. The summed E-state index contributed by atoms with van der Waals surface area (Å²) >= 11 is 1.39. The quantitative estimate of drug-likeness (QED) is 0.774. The van der Waals surface area contributed by atoms with Crippen LogP contribution in [-0.2, 0) is 36.6 Å². The van der Waals surface area contributed by atoms with E-state index in [9.17, 15) is 14.4 Å². The first-order valence-corrected chi connectivity index (χ1v) is 9.31. The largest absolute Gasteiger partial charge is 0.462 e. The Morgan fingerprint density at radius 2 is 2.08 bits per heavy atom. The zero-order valence-corrected chi connectivity index (χ0v) is 14.9. The Morgan fingerprint density at radius 3 is 2.80 bits per heavy atom. The molecule has 1 aliphatic carbocycles. The predicted molar refractivity (Wildman–Crippen MR) is 90.9 cm³/mol. The van der Waals surface area contributed by atoms with Gasteiger partial charge >= 0.3 is 11.9 Å². The molecule has 1 aliphatic heterocycles. The molecular weight excluding hydrogens is 346 g/mol. The van der Waals surface area contributed by atoms with Crippen LogP contribution in [0.4, 0.5) is 5.00 Å². The number of rotatable bonds is 6. The fourth-order valence-electron chi connectivity index (χ4n) is 3.07. The van der Waals surface area contributed by atoms with E-state index in [0.717, 1.165) is 36.1 Å². The molecule has 1 aromatic heterocycles. The summed E-state index contributed by atoms with van der Waals surface area (Å²) in [5.41, 5.74) is 1.41. The number of carbonyl (C=O) groups is 3. The molecule has 2 heterocycles. The fourth-order valence-corrected chi connectivity index (χ4v) is 4.36. The molecule has 2 aliphatic rings. The van der Waals surface area contributed by atoms with Gasteiger partial charge < -0.3 is 19.5 Å². The molecule has 0 spiro atoms. The first kappa shape index (κ1) is 17.9. The summed E-state index contributed by atoms with van der Waals surface area (Å²) in [6, 6.07) is 0. The Morgan fingerprint density at radius 1 is 1.24 bits per heavy atom. The Kier molecular flexibility index (Phi) is 5.70. The maximum absolute atomic E-state index is 12.2. The number of hydrogen-bond donors (Lipinski definition) is 1. The average Bonchev–Trinajstić information content (AvgIpc) is 3.29. The topological polar surface area (TPSA) is 90.9 Å². The van der Waals surface area contributed by atoms with Gasteiger partial charge in [-0.3, -0.25) is 4.79 Å². The number of hydrogen-bond acceptors (Lipinski definition) is 7. The Hall–Kier alpha value is -1.93. The molecule has 1 fully saturated rings. The number of fused-ring (bicyclic) bond motifs is 1. The van der Waals surface area contributed by atoms with Crippen molar-refractivity contribution in [2.75, 3.05) is 25.1 Å². The maximum atomic E-state index is 12.2. The van der Waals surface area contributed by atoms with Crippen LogP contribution in [0.25, 0.3) is 0 Å². The van der Waals surface area contributed by atoms with Crippen LogP contribution in [0.15, 0.2) is 0 Å². The molecule has 0 bridgehead atoms. The van der Waals surface area contributed by atoms with Gasteiger partial charge in [0.15, 0.2) is 12.7 Å². The average molecular weight is 367 g/mol. The molecule has 8 heteroatoms. The van der Waals surface area contributed by atoms with E-state index < -0.39 is 30.6 Å². The number of nitrogens with one attached hydrogen (secondary N) is 1. The molecule has 0 aromatic carbocycles. The van der Waals surface area contributed by atoms with Gasteiger partial charge in [0.1, 0.15) is 5.00 Å². The van der Waals surface area contributed by atoms with Crippen LogP contribution in [0.1, 0.15) is 47.0 Å². The lowest BCUT2D eigenvalue weighted by Gasteiger charge is -2.10. The first-order valence-electron chi connectivity index (χ1n) is 8.50. The maximum Gasteiger partial charge on any atom is 0.341 e. The van der Waals surface area contributed by atoms with Crippen LogP contribution < -0.4 is 5.32 Å². The van der Waals surface area contributed by atoms with Crippen LogP contribution in [0.2, 0.25) is 0 Å². The van der Waals surface area contributed by atoms with E-state index in [1.54, 1.807) is 6.92 Å². The second kappa shape index (κ2) is 7.97. The molecule has 0 unspecified atom stereocenters. The summed E-state index contributed by atoms with van der Waals surface area (Å²) < 4.78 is 15.3. The van der Waals surface area contributed by atoms with Crippen LogP contribution in [-0.4, -0.2) is 43.8 Å². The minimum absolute atomic E-state index is 0.274. The van der Waals surface area contributed by atoms with Gasteiger partial charge in [0.05, 0.1) is 12.2 Å². The fraction of sp³-hybridized carbons (Fsp3) is 0.588. The molecule has 136 valence electrons. The predicted octanol–water partition coefficient (Wildman–Crippen LogP) is 2.07. The van der Waals surface area contributed by atoms with Crippen LogP contribution in [0.3, 0.4) is 0 Å². The van der Waals surface area contributed by atoms with Crippen molar-refractivity contribution in [1.82, 2.24) is 0 Å². The van der Waals surface area contributed by atoms with E-state index in [1.807, 2.05) is 0 Å². The molecule has 3 rings (SSSR count). The smallest absolute Gasteiger partial charge is 0.341 e. The van der Waals surface area contributed by atoms with Gasteiger partial charge in [-0.05, 0) is 44.6 Å². The lowest BCUT2D eigenvalue weighted by Crippen LogP contribution is -2.27. The van der Waals surface area contributed by atoms with Crippen molar-refractivity contribution in [2.45, 2.75) is 45.1 Å². The number of esters is 2. The summed E-state index contributed by atoms with van der Waals surface area (Å²) in [5, 5.41) is 3.16. The second-order valence-electron chi connectivity index (χ2n) is 5.94. The van der Waals surface area contributed by atoms with Crippen molar-refractivity contribution in [1.29, 1.82) is 0 Å². The summed E-state index contributed by atoms with van der Waals surface area (Å²) in [4.78, 5) is 37.2. The monoisotopic (exact) mass is 367 g/mol. The number of ether oxygens (including phenoxy) is 3. The zero-order chi connectivity index (χ0) is 17.8. The molecule has 0 radical (unpaired) electrons. The van der Waals surface area contributed by atoms with Gasteiger partial charge in [-0.15, -0.1) is 11.3 Å². The summed E-state index contributed by atoms with van der Waals surface area (Å²) in [7, 11) is 0. The van der Waals surface area contributed by atoms with Crippen molar-refractivity contribution in [3.05, 3.63) is 16.0 Å². The van der Waals surface area contributed by atoms with Crippen molar-refractivity contribution >= 4 is 34.2 Å². The molecule has 1 atom stereocenters. The van der Waals surface area contributed by atoms with Gasteiger partial charge in [-0.2, -0.15) is 0 Å².